The predicted molar refractivity (Wildman–Crippen MR) is 60.5 cm³/mol. The molecule has 0 unspecified atom stereocenters. The largest absolute Gasteiger partial charge is 0.276 e. The number of rotatable bonds is 0. The van der Waals surface area contributed by atoms with Crippen molar-refractivity contribution in [1.29, 1.82) is 0 Å². The van der Waals surface area contributed by atoms with Gasteiger partial charge in [-0.25, -0.2) is 5.10 Å². The number of benzene rings is 1. The number of H-pyrrole nitrogens is 1. The van der Waals surface area contributed by atoms with Crippen molar-refractivity contribution in [2.75, 3.05) is 0 Å². The molecule has 78 valence electrons. The Hall–Kier alpha value is -2.01. The van der Waals surface area contributed by atoms with Crippen LogP contribution in [0.3, 0.4) is 0 Å². The van der Waals surface area contributed by atoms with Crippen molar-refractivity contribution < 1.29 is 0 Å². The predicted octanol–water partition coefficient (Wildman–Crippen LogP) is 1.52. The highest BCUT2D eigenvalue weighted by Gasteiger charge is 2.06. The molecule has 0 amide bonds. The molecule has 2 aromatic heterocycles. The second-order valence-corrected chi connectivity index (χ2v) is 3.76. The lowest BCUT2D eigenvalue weighted by atomic mass is 10.1. The summed E-state index contributed by atoms with van der Waals surface area (Å²) in [5, 5.41) is 11.4. The number of nitrogens with zero attached hydrogens (tertiary/aromatic N) is 3. The first-order valence-corrected chi connectivity index (χ1v) is 4.93. The van der Waals surface area contributed by atoms with Gasteiger partial charge in [0.1, 0.15) is 5.52 Å². The van der Waals surface area contributed by atoms with Crippen molar-refractivity contribution >= 4 is 33.4 Å². The molecule has 5 nitrogen and oxygen atoms in total. The van der Waals surface area contributed by atoms with E-state index in [1.54, 1.807) is 18.2 Å². The van der Waals surface area contributed by atoms with E-state index >= 15 is 0 Å². The summed E-state index contributed by atoms with van der Waals surface area (Å²) in [5.74, 6) is 0. The summed E-state index contributed by atoms with van der Waals surface area (Å²) in [7, 11) is 0. The van der Waals surface area contributed by atoms with E-state index in [-0.39, 0.29) is 5.56 Å². The van der Waals surface area contributed by atoms with Crippen LogP contribution >= 0.6 is 11.6 Å². The average Bonchev–Trinajstić information content (AvgIpc) is 2.29. The highest BCUT2D eigenvalue weighted by molar-refractivity contribution is 6.31. The second kappa shape index (κ2) is 3.24. The van der Waals surface area contributed by atoms with Gasteiger partial charge in [-0.2, -0.15) is 0 Å². The van der Waals surface area contributed by atoms with Gasteiger partial charge in [0, 0.05) is 16.6 Å². The zero-order chi connectivity index (χ0) is 11.1. The number of aromatic amines is 1. The SMILES string of the molecule is O=c1[nH]nnc2c1cnc1ccc(Cl)cc12. The van der Waals surface area contributed by atoms with Crippen LogP contribution in [-0.2, 0) is 0 Å². The third-order valence-corrected chi connectivity index (χ3v) is 2.58. The minimum absolute atomic E-state index is 0.306. The molecule has 0 spiro atoms. The van der Waals surface area contributed by atoms with Crippen molar-refractivity contribution in [1.82, 2.24) is 20.4 Å². The van der Waals surface area contributed by atoms with Gasteiger partial charge in [-0.1, -0.05) is 16.8 Å². The molecule has 0 radical (unpaired) electrons. The van der Waals surface area contributed by atoms with Gasteiger partial charge in [-0.05, 0) is 18.2 Å². The zero-order valence-corrected chi connectivity index (χ0v) is 8.69. The van der Waals surface area contributed by atoms with Crippen LogP contribution in [0, 0.1) is 0 Å². The van der Waals surface area contributed by atoms with Crippen molar-refractivity contribution in [3.63, 3.8) is 0 Å². The van der Waals surface area contributed by atoms with E-state index in [4.69, 9.17) is 11.6 Å². The summed E-state index contributed by atoms with van der Waals surface area (Å²) in [6.07, 6.45) is 1.49. The van der Waals surface area contributed by atoms with Gasteiger partial charge in [-0.15, -0.1) is 5.10 Å². The molecule has 0 saturated carbocycles. The van der Waals surface area contributed by atoms with Gasteiger partial charge in [0.2, 0.25) is 0 Å². The molecule has 16 heavy (non-hydrogen) atoms. The van der Waals surface area contributed by atoms with Crippen molar-refractivity contribution in [2.45, 2.75) is 0 Å². The van der Waals surface area contributed by atoms with Gasteiger partial charge in [0.05, 0.1) is 10.9 Å². The van der Waals surface area contributed by atoms with E-state index < -0.39 is 0 Å². The Labute approximate surface area is 94.1 Å². The lowest BCUT2D eigenvalue weighted by Crippen LogP contribution is -2.10. The average molecular weight is 233 g/mol. The van der Waals surface area contributed by atoms with E-state index in [0.717, 1.165) is 10.9 Å². The Morgan fingerprint density at radius 3 is 3.00 bits per heavy atom. The lowest BCUT2D eigenvalue weighted by molar-refractivity contribution is 0.873. The molecule has 2 heterocycles. The summed E-state index contributed by atoms with van der Waals surface area (Å²) < 4.78 is 0. The van der Waals surface area contributed by atoms with Crippen LogP contribution < -0.4 is 5.56 Å². The summed E-state index contributed by atoms with van der Waals surface area (Å²) in [6, 6.07) is 5.24. The van der Waals surface area contributed by atoms with Crippen molar-refractivity contribution in [3.8, 4) is 0 Å². The fourth-order valence-corrected chi connectivity index (χ4v) is 1.78. The van der Waals surface area contributed by atoms with E-state index in [2.05, 4.69) is 20.4 Å². The molecule has 3 rings (SSSR count). The number of aromatic nitrogens is 4. The molecule has 0 aliphatic heterocycles. The van der Waals surface area contributed by atoms with Crippen LogP contribution in [0.2, 0.25) is 5.02 Å². The third-order valence-electron chi connectivity index (χ3n) is 2.35. The fourth-order valence-electron chi connectivity index (χ4n) is 1.61. The maximum Gasteiger partial charge on any atom is 0.276 e. The highest BCUT2D eigenvalue weighted by atomic mass is 35.5. The van der Waals surface area contributed by atoms with Gasteiger partial charge >= 0.3 is 0 Å². The van der Waals surface area contributed by atoms with Crippen LogP contribution in [0.4, 0.5) is 0 Å². The number of pyridine rings is 1. The molecule has 1 aromatic carbocycles. The molecular formula is C10H5ClN4O. The number of fused-ring (bicyclic) bond motifs is 3. The van der Waals surface area contributed by atoms with Gasteiger partial charge in [0.25, 0.3) is 5.56 Å². The minimum Gasteiger partial charge on any atom is -0.267 e. The van der Waals surface area contributed by atoms with Gasteiger partial charge < -0.3 is 0 Å². The van der Waals surface area contributed by atoms with Crippen LogP contribution in [0.5, 0.6) is 0 Å². The number of hydrogen-bond donors (Lipinski definition) is 1. The van der Waals surface area contributed by atoms with Crippen LogP contribution in [0.15, 0.2) is 29.2 Å². The van der Waals surface area contributed by atoms with Crippen LogP contribution in [-0.4, -0.2) is 20.4 Å². The molecule has 3 aromatic rings. The molecule has 0 saturated heterocycles. The molecule has 0 aliphatic rings. The Kier molecular flexibility index (Phi) is 1.87. The van der Waals surface area contributed by atoms with E-state index in [0.29, 0.717) is 15.9 Å². The topological polar surface area (TPSA) is 71.5 Å². The van der Waals surface area contributed by atoms with Gasteiger partial charge in [-0.3, -0.25) is 9.78 Å². The molecule has 0 bridgehead atoms. The first-order valence-electron chi connectivity index (χ1n) is 4.55. The van der Waals surface area contributed by atoms with Crippen LogP contribution in [0.1, 0.15) is 0 Å². The summed E-state index contributed by atoms with van der Waals surface area (Å²) in [4.78, 5) is 15.6. The molecule has 0 atom stereocenters. The maximum atomic E-state index is 11.5. The Morgan fingerprint density at radius 2 is 2.12 bits per heavy atom. The Balaban J connectivity index is 2.63. The molecule has 6 heteroatoms. The van der Waals surface area contributed by atoms with E-state index in [9.17, 15) is 4.79 Å². The molecule has 0 aliphatic carbocycles. The van der Waals surface area contributed by atoms with Crippen molar-refractivity contribution in [3.05, 3.63) is 39.8 Å². The zero-order valence-electron chi connectivity index (χ0n) is 7.94. The quantitative estimate of drug-likeness (QED) is 0.597. The second-order valence-electron chi connectivity index (χ2n) is 3.32. The molecule has 1 N–H and O–H groups in total. The standard InChI is InChI=1S/C10H5ClN4O/c11-5-1-2-8-6(3-5)9-7(4-12-8)10(16)14-15-13-9/h1-4H,(H,13,14,16). The highest BCUT2D eigenvalue weighted by Crippen LogP contribution is 2.22. The number of nitrogens with one attached hydrogen (secondary N) is 1. The monoisotopic (exact) mass is 232 g/mol. The minimum atomic E-state index is -0.306. The Bertz CT molecular complexity index is 752. The summed E-state index contributed by atoms with van der Waals surface area (Å²) in [6.45, 7) is 0. The first kappa shape index (κ1) is 9.23. The molecular weight excluding hydrogens is 228 g/mol. The summed E-state index contributed by atoms with van der Waals surface area (Å²) >= 11 is 5.90. The summed E-state index contributed by atoms with van der Waals surface area (Å²) in [5.41, 5.74) is 0.937. The van der Waals surface area contributed by atoms with Crippen molar-refractivity contribution in [2.24, 2.45) is 0 Å². The fraction of sp³-hybridized carbons (Fsp3) is 0. The normalized spacial score (nSPS) is 11.1. The van der Waals surface area contributed by atoms with E-state index in [1.807, 2.05) is 0 Å². The van der Waals surface area contributed by atoms with Gasteiger partial charge in [0.15, 0.2) is 0 Å². The molecule has 0 fully saturated rings. The lowest BCUT2D eigenvalue weighted by Gasteiger charge is -2.00. The Morgan fingerprint density at radius 1 is 1.25 bits per heavy atom. The number of halogens is 1. The van der Waals surface area contributed by atoms with E-state index in [1.165, 1.54) is 6.20 Å². The number of hydrogen-bond acceptors (Lipinski definition) is 4. The van der Waals surface area contributed by atoms with Crippen LogP contribution in [0.25, 0.3) is 21.8 Å². The smallest absolute Gasteiger partial charge is 0.267 e. The third kappa shape index (κ3) is 1.25. The first-order chi connectivity index (χ1) is 7.75. The maximum absolute atomic E-state index is 11.5.